The molecular weight excluding hydrogens is 300 g/mol. The number of hydrogen-bond donors (Lipinski definition) is 1. The Morgan fingerprint density at radius 2 is 2.35 bits per heavy atom. The number of pyridine rings is 1. The molecule has 0 bridgehead atoms. The second-order valence-electron chi connectivity index (χ2n) is 6.28. The summed E-state index contributed by atoms with van der Waals surface area (Å²) in [4.78, 5) is 26.3. The predicted octanol–water partition coefficient (Wildman–Crippen LogP) is 0.289. The van der Waals surface area contributed by atoms with Gasteiger partial charge in [0.1, 0.15) is 0 Å². The first kappa shape index (κ1) is 15.7. The lowest BCUT2D eigenvalue weighted by Gasteiger charge is -2.42. The zero-order valence-corrected chi connectivity index (χ0v) is 13.4. The van der Waals surface area contributed by atoms with Crippen LogP contribution in [0.25, 0.3) is 5.65 Å². The average Bonchev–Trinajstić information content (AvgIpc) is 2.87. The zero-order valence-electron chi connectivity index (χ0n) is 13.4. The third-order valence-corrected chi connectivity index (χ3v) is 3.79. The van der Waals surface area contributed by atoms with Crippen LogP contribution in [0.3, 0.4) is 0 Å². The molecule has 124 valence electrons. The summed E-state index contributed by atoms with van der Waals surface area (Å²) in [5.74, 6) is -0.174. The van der Waals surface area contributed by atoms with Gasteiger partial charge < -0.3 is 14.4 Å². The van der Waals surface area contributed by atoms with E-state index in [1.807, 2.05) is 13.8 Å². The van der Waals surface area contributed by atoms with Gasteiger partial charge in [-0.05, 0) is 26.0 Å². The predicted molar refractivity (Wildman–Crippen MR) is 82.5 cm³/mol. The molecule has 1 N–H and O–H groups in total. The Morgan fingerprint density at radius 1 is 1.57 bits per heavy atom. The molecule has 23 heavy (non-hydrogen) atoms. The van der Waals surface area contributed by atoms with Crippen LogP contribution in [0.4, 0.5) is 0 Å². The molecule has 0 aromatic carbocycles. The van der Waals surface area contributed by atoms with Gasteiger partial charge in [-0.15, -0.1) is 0 Å². The molecule has 3 rings (SSSR count). The molecule has 8 heteroatoms. The molecule has 2 aromatic heterocycles. The summed E-state index contributed by atoms with van der Waals surface area (Å²) in [5, 5.41) is 6.31. The van der Waals surface area contributed by atoms with Crippen LogP contribution >= 0.6 is 0 Å². The van der Waals surface area contributed by atoms with E-state index in [0.29, 0.717) is 30.9 Å². The minimum Gasteiger partial charge on any atom is -0.382 e. The number of carbonyl (C=O) groups is 1. The molecule has 0 radical (unpaired) electrons. The number of nitrogens with zero attached hydrogens (tertiary/aromatic N) is 3. The van der Waals surface area contributed by atoms with Crippen LogP contribution in [0.15, 0.2) is 23.1 Å². The number of H-pyrrole nitrogens is 1. The van der Waals surface area contributed by atoms with Crippen molar-refractivity contribution in [2.75, 3.05) is 26.8 Å². The van der Waals surface area contributed by atoms with Gasteiger partial charge in [0.25, 0.3) is 5.91 Å². The standard InChI is InChI=1S/C15H20N4O4/c1-15(2)9-18(7-10(23-15)8-22-3)13(20)11-5-4-6-19-12(11)16-17-14(19)21/h4-6,10H,7-9H2,1-3H3,(H,17,21)/t10-/m1/s1. The summed E-state index contributed by atoms with van der Waals surface area (Å²) in [6, 6.07) is 3.33. The van der Waals surface area contributed by atoms with Gasteiger partial charge in [0, 0.05) is 26.4 Å². The first-order valence-electron chi connectivity index (χ1n) is 7.43. The molecule has 0 aliphatic carbocycles. The van der Waals surface area contributed by atoms with Crippen LogP contribution < -0.4 is 5.69 Å². The van der Waals surface area contributed by atoms with Crippen molar-refractivity contribution in [1.82, 2.24) is 19.5 Å². The lowest BCUT2D eigenvalue weighted by Crippen LogP contribution is -2.55. The summed E-state index contributed by atoms with van der Waals surface area (Å²) in [6.07, 6.45) is 1.39. The number of morpholine rings is 1. The maximum Gasteiger partial charge on any atom is 0.347 e. The van der Waals surface area contributed by atoms with E-state index in [4.69, 9.17) is 9.47 Å². The Balaban J connectivity index is 1.93. The number of aromatic nitrogens is 3. The van der Waals surface area contributed by atoms with Crippen molar-refractivity contribution in [3.63, 3.8) is 0 Å². The molecule has 8 nitrogen and oxygen atoms in total. The van der Waals surface area contributed by atoms with E-state index in [1.54, 1.807) is 30.3 Å². The number of fused-ring (bicyclic) bond motifs is 1. The summed E-state index contributed by atoms with van der Waals surface area (Å²) >= 11 is 0. The topological polar surface area (TPSA) is 88.9 Å². The Hall–Kier alpha value is -2.19. The zero-order chi connectivity index (χ0) is 16.6. The van der Waals surface area contributed by atoms with Crippen molar-refractivity contribution < 1.29 is 14.3 Å². The van der Waals surface area contributed by atoms with Crippen molar-refractivity contribution in [2.45, 2.75) is 25.6 Å². The van der Waals surface area contributed by atoms with Crippen LogP contribution in [0.2, 0.25) is 0 Å². The molecular formula is C15H20N4O4. The molecule has 1 aliphatic heterocycles. The SMILES string of the molecule is COC[C@H]1CN(C(=O)c2cccn3c(=O)[nH]nc23)CC(C)(C)O1. The van der Waals surface area contributed by atoms with Gasteiger partial charge >= 0.3 is 5.69 Å². The molecule has 1 atom stereocenters. The van der Waals surface area contributed by atoms with Crippen LogP contribution in [-0.2, 0) is 9.47 Å². The molecule has 2 aromatic rings. The lowest BCUT2D eigenvalue weighted by molar-refractivity contribution is -0.143. The first-order valence-corrected chi connectivity index (χ1v) is 7.43. The number of rotatable bonds is 3. The van der Waals surface area contributed by atoms with Crippen molar-refractivity contribution in [3.05, 3.63) is 34.4 Å². The number of amides is 1. The van der Waals surface area contributed by atoms with Crippen LogP contribution in [0.5, 0.6) is 0 Å². The third kappa shape index (κ3) is 2.99. The van der Waals surface area contributed by atoms with E-state index in [-0.39, 0.29) is 17.7 Å². The Kier molecular flexibility index (Phi) is 3.95. The van der Waals surface area contributed by atoms with E-state index >= 15 is 0 Å². The lowest BCUT2D eigenvalue weighted by atomic mass is 10.0. The normalized spacial score (nSPS) is 20.8. The van der Waals surface area contributed by atoms with Crippen molar-refractivity contribution in [2.24, 2.45) is 0 Å². The van der Waals surface area contributed by atoms with Crippen molar-refractivity contribution >= 4 is 11.6 Å². The van der Waals surface area contributed by atoms with Crippen LogP contribution in [0.1, 0.15) is 24.2 Å². The fourth-order valence-electron chi connectivity index (χ4n) is 2.99. The minimum atomic E-state index is -0.465. The van der Waals surface area contributed by atoms with Gasteiger partial charge in [-0.3, -0.25) is 4.79 Å². The minimum absolute atomic E-state index is 0.174. The Bertz CT molecular complexity index is 779. The number of methoxy groups -OCH3 is 1. The summed E-state index contributed by atoms with van der Waals surface area (Å²) in [5.41, 5.74) is -0.114. The highest BCUT2D eigenvalue weighted by atomic mass is 16.5. The maximum absolute atomic E-state index is 12.9. The van der Waals surface area contributed by atoms with Crippen LogP contribution in [-0.4, -0.2) is 63.9 Å². The monoisotopic (exact) mass is 320 g/mol. The highest BCUT2D eigenvalue weighted by molar-refractivity contribution is 5.99. The third-order valence-electron chi connectivity index (χ3n) is 3.79. The number of aromatic amines is 1. The molecule has 1 saturated heterocycles. The van der Waals surface area contributed by atoms with Crippen LogP contribution in [0, 0.1) is 0 Å². The molecule has 1 fully saturated rings. The second-order valence-corrected chi connectivity index (χ2v) is 6.28. The summed E-state index contributed by atoms with van der Waals surface area (Å²) in [7, 11) is 1.61. The second kappa shape index (κ2) is 5.78. The van der Waals surface area contributed by atoms with Gasteiger partial charge in [0.05, 0.1) is 23.9 Å². The Morgan fingerprint density at radius 3 is 3.09 bits per heavy atom. The molecule has 0 saturated carbocycles. The fraction of sp³-hybridized carbons (Fsp3) is 0.533. The van der Waals surface area contributed by atoms with E-state index in [1.165, 1.54) is 4.40 Å². The summed E-state index contributed by atoms with van der Waals surface area (Å²) in [6.45, 7) is 5.19. The van der Waals surface area contributed by atoms with E-state index < -0.39 is 5.60 Å². The summed E-state index contributed by atoms with van der Waals surface area (Å²) < 4.78 is 12.4. The number of nitrogens with one attached hydrogen (secondary N) is 1. The van der Waals surface area contributed by atoms with Gasteiger partial charge in [-0.25, -0.2) is 14.3 Å². The molecule has 3 heterocycles. The van der Waals surface area contributed by atoms with E-state index in [0.717, 1.165) is 0 Å². The van der Waals surface area contributed by atoms with Crippen molar-refractivity contribution in [1.29, 1.82) is 0 Å². The number of ether oxygens (including phenoxy) is 2. The molecule has 0 spiro atoms. The van der Waals surface area contributed by atoms with E-state index in [9.17, 15) is 9.59 Å². The average molecular weight is 320 g/mol. The highest BCUT2D eigenvalue weighted by Crippen LogP contribution is 2.23. The molecule has 1 aliphatic rings. The van der Waals surface area contributed by atoms with Gasteiger partial charge in [-0.1, -0.05) is 0 Å². The highest BCUT2D eigenvalue weighted by Gasteiger charge is 2.36. The quantitative estimate of drug-likeness (QED) is 0.878. The molecule has 1 amide bonds. The van der Waals surface area contributed by atoms with Crippen molar-refractivity contribution in [3.8, 4) is 0 Å². The number of hydrogen-bond acceptors (Lipinski definition) is 5. The smallest absolute Gasteiger partial charge is 0.347 e. The van der Waals surface area contributed by atoms with Gasteiger partial charge in [0.2, 0.25) is 0 Å². The fourth-order valence-corrected chi connectivity index (χ4v) is 2.99. The van der Waals surface area contributed by atoms with Gasteiger partial charge in [0.15, 0.2) is 5.65 Å². The van der Waals surface area contributed by atoms with E-state index in [2.05, 4.69) is 10.2 Å². The largest absolute Gasteiger partial charge is 0.382 e. The Labute approximate surface area is 133 Å². The first-order chi connectivity index (χ1) is 10.9. The molecule has 0 unspecified atom stereocenters. The maximum atomic E-state index is 12.9. The number of carbonyl (C=O) groups excluding carboxylic acids is 1. The van der Waals surface area contributed by atoms with Gasteiger partial charge in [-0.2, -0.15) is 5.10 Å².